The minimum absolute atomic E-state index is 0. The highest BCUT2D eigenvalue weighted by atomic mass is 127. The average molecular weight is 524 g/mol. The number of guanidine groups is 1. The van der Waals surface area contributed by atoms with Gasteiger partial charge in [-0.25, -0.2) is 22.2 Å². The van der Waals surface area contributed by atoms with Crippen LogP contribution in [0.1, 0.15) is 18.1 Å². The molecule has 3 N–H and O–H groups in total. The number of para-hydroxylation sites is 1. The van der Waals surface area contributed by atoms with Crippen LogP contribution in [0.3, 0.4) is 0 Å². The summed E-state index contributed by atoms with van der Waals surface area (Å²) in [6.07, 6.45) is 1.08. The van der Waals surface area contributed by atoms with Crippen LogP contribution in [0.15, 0.2) is 47.5 Å². The van der Waals surface area contributed by atoms with Crippen molar-refractivity contribution in [1.82, 2.24) is 10.6 Å². The van der Waals surface area contributed by atoms with Crippen molar-refractivity contribution < 1.29 is 17.2 Å². The Morgan fingerprint density at radius 3 is 2.46 bits per heavy atom. The lowest BCUT2D eigenvalue weighted by molar-refractivity contribution is 0.585. The maximum atomic E-state index is 13.7. The molecule has 0 atom stereocenters. The van der Waals surface area contributed by atoms with Crippen LogP contribution in [0.5, 0.6) is 0 Å². The highest BCUT2D eigenvalue weighted by Gasteiger charge is 2.08. The fraction of sp³-hybridized carbons (Fsp3) is 0.278. The van der Waals surface area contributed by atoms with E-state index in [0.29, 0.717) is 23.8 Å². The topological polar surface area (TPSA) is 82.6 Å². The highest BCUT2D eigenvalue weighted by Crippen LogP contribution is 2.16. The lowest BCUT2D eigenvalue weighted by atomic mass is 10.2. The van der Waals surface area contributed by atoms with Gasteiger partial charge < -0.3 is 10.6 Å². The van der Waals surface area contributed by atoms with Gasteiger partial charge in [-0.3, -0.25) is 4.72 Å². The van der Waals surface area contributed by atoms with Crippen molar-refractivity contribution >= 4 is 45.6 Å². The van der Waals surface area contributed by atoms with Crippen LogP contribution in [-0.2, 0) is 23.1 Å². The molecule has 2 aromatic rings. The number of nitrogens with one attached hydrogen (secondary N) is 3. The first kappa shape index (κ1) is 24.1. The zero-order valence-corrected chi connectivity index (χ0v) is 18.6. The molecule has 0 amide bonds. The first-order valence-electron chi connectivity index (χ1n) is 8.30. The number of rotatable bonds is 7. The molecule has 0 unspecified atom stereocenters. The fourth-order valence-electron chi connectivity index (χ4n) is 2.32. The maximum Gasteiger partial charge on any atom is 0.229 e. The number of hydrogen-bond acceptors (Lipinski definition) is 3. The maximum absolute atomic E-state index is 13.7. The van der Waals surface area contributed by atoms with E-state index in [-0.39, 0.29) is 42.6 Å². The van der Waals surface area contributed by atoms with Crippen LogP contribution in [0.2, 0.25) is 0 Å². The Morgan fingerprint density at radius 2 is 1.79 bits per heavy atom. The van der Waals surface area contributed by atoms with Crippen LogP contribution in [0.4, 0.5) is 14.5 Å². The van der Waals surface area contributed by atoms with Gasteiger partial charge in [-0.05, 0) is 36.8 Å². The normalized spacial score (nSPS) is 11.5. The summed E-state index contributed by atoms with van der Waals surface area (Å²) in [6.45, 7) is 2.69. The number of aliphatic imine (C=N–C) groups is 1. The number of hydrogen-bond donors (Lipinski definition) is 3. The standard InChI is InChI=1S/C18H22F2N4O2S.HI/c1-3-21-18(23-12-14-10-15(19)8-9-16(14)20)22-11-13-6-4-5-7-17(13)24-27(2,25)26;/h4-10,24H,3,11-12H2,1-2H3,(H2,21,22,23);1H. The van der Waals surface area contributed by atoms with Gasteiger partial charge >= 0.3 is 0 Å². The van der Waals surface area contributed by atoms with Crippen molar-refractivity contribution in [2.24, 2.45) is 4.99 Å². The monoisotopic (exact) mass is 524 g/mol. The minimum atomic E-state index is -3.40. The van der Waals surface area contributed by atoms with E-state index < -0.39 is 21.7 Å². The molecule has 0 aliphatic rings. The van der Waals surface area contributed by atoms with Gasteiger partial charge in [0, 0.05) is 18.7 Å². The summed E-state index contributed by atoms with van der Waals surface area (Å²) in [5.41, 5.74) is 1.32. The molecule has 0 aliphatic heterocycles. The average Bonchev–Trinajstić information content (AvgIpc) is 2.60. The molecule has 0 aromatic heterocycles. The summed E-state index contributed by atoms with van der Waals surface area (Å²) >= 11 is 0. The molecule has 0 fully saturated rings. The van der Waals surface area contributed by atoms with E-state index in [4.69, 9.17) is 0 Å². The third kappa shape index (κ3) is 7.97. The summed E-state index contributed by atoms with van der Waals surface area (Å²) in [5, 5.41) is 6.06. The predicted molar refractivity (Wildman–Crippen MR) is 118 cm³/mol. The molecular weight excluding hydrogens is 501 g/mol. The lowest BCUT2D eigenvalue weighted by Gasteiger charge is -2.14. The second-order valence-corrected chi connectivity index (χ2v) is 7.56. The van der Waals surface area contributed by atoms with E-state index in [0.717, 1.165) is 24.5 Å². The van der Waals surface area contributed by atoms with Gasteiger partial charge in [-0.2, -0.15) is 0 Å². The van der Waals surface area contributed by atoms with Gasteiger partial charge in [0.15, 0.2) is 5.96 Å². The van der Waals surface area contributed by atoms with Gasteiger partial charge in [-0.1, -0.05) is 18.2 Å². The van der Waals surface area contributed by atoms with Crippen LogP contribution < -0.4 is 15.4 Å². The van der Waals surface area contributed by atoms with E-state index >= 15 is 0 Å². The number of nitrogens with zero attached hydrogens (tertiary/aromatic N) is 1. The molecule has 0 saturated carbocycles. The molecule has 0 bridgehead atoms. The van der Waals surface area contributed by atoms with Crippen molar-refractivity contribution in [2.45, 2.75) is 20.0 Å². The Hall–Kier alpha value is -1.95. The second kappa shape index (κ2) is 11.1. The second-order valence-electron chi connectivity index (χ2n) is 5.82. The van der Waals surface area contributed by atoms with Gasteiger partial charge in [-0.15, -0.1) is 24.0 Å². The number of anilines is 1. The van der Waals surface area contributed by atoms with Crippen molar-refractivity contribution in [1.29, 1.82) is 0 Å². The summed E-state index contributed by atoms with van der Waals surface area (Å²) in [6, 6.07) is 10.2. The molecule has 154 valence electrons. The first-order valence-corrected chi connectivity index (χ1v) is 10.2. The SMILES string of the molecule is CCNC(=NCc1cc(F)ccc1F)NCc1ccccc1NS(C)(=O)=O.I. The molecule has 0 heterocycles. The molecule has 2 rings (SSSR count). The number of benzene rings is 2. The Kier molecular flexibility index (Phi) is 9.59. The lowest BCUT2D eigenvalue weighted by Crippen LogP contribution is -2.37. The Bertz CT molecular complexity index is 924. The molecule has 0 radical (unpaired) electrons. The zero-order chi connectivity index (χ0) is 19.9. The summed E-state index contributed by atoms with van der Waals surface area (Å²) in [4.78, 5) is 4.25. The van der Waals surface area contributed by atoms with Gasteiger partial charge in [0.2, 0.25) is 10.0 Å². The molecule has 0 spiro atoms. The largest absolute Gasteiger partial charge is 0.357 e. The Morgan fingerprint density at radius 1 is 1.07 bits per heavy atom. The van der Waals surface area contributed by atoms with E-state index in [1.54, 1.807) is 24.3 Å². The molecule has 28 heavy (non-hydrogen) atoms. The molecular formula is C18H23F2IN4O2S. The summed E-state index contributed by atoms with van der Waals surface area (Å²) in [7, 11) is -3.40. The van der Waals surface area contributed by atoms with Crippen molar-refractivity contribution in [3.63, 3.8) is 0 Å². The van der Waals surface area contributed by atoms with Crippen LogP contribution in [0, 0.1) is 11.6 Å². The van der Waals surface area contributed by atoms with E-state index in [9.17, 15) is 17.2 Å². The summed E-state index contributed by atoms with van der Waals surface area (Å²) < 4.78 is 52.4. The molecule has 6 nitrogen and oxygen atoms in total. The molecule has 0 saturated heterocycles. The predicted octanol–water partition coefficient (Wildman–Crippen LogP) is 3.21. The van der Waals surface area contributed by atoms with Crippen LogP contribution in [-0.4, -0.2) is 27.2 Å². The smallest absolute Gasteiger partial charge is 0.229 e. The zero-order valence-electron chi connectivity index (χ0n) is 15.5. The van der Waals surface area contributed by atoms with E-state index in [1.807, 2.05) is 6.92 Å². The summed E-state index contributed by atoms with van der Waals surface area (Å²) in [5.74, 6) is -0.658. The highest BCUT2D eigenvalue weighted by molar-refractivity contribution is 14.0. The third-order valence-corrected chi connectivity index (χ3v) is 4.11. The van der Waals surface area contributed by atoms with Gasteiger partial charge in [0.1, 0.15) is 11.6 Å². The van der Waals surface area contributed by atoms with Crippen molar-refractivity contribution in [2.75, 3.05) is 17.5 Å². The molecule has 0 aliphatic carbocycles. The van der Waals surface area contributed by atoms with Gasteiger partial charge in [0.05, 0.1) is 18.5 Å². The van der Waals surface area contributed by atoms with Crippen molar-refractivity contribution in [3.05, 3.63) is 65.2 Å². The van der Waals surface area contributed by atoms with E-state index in [1.165, 1.54) is 0 Å². The van der Waals surface area contributed by atoms with Crippen molar-refractivity contribution in [3.8, 4) is 0 Å². The Labute approximate surface area is 180 Å². The molecule has 10 heteroatoms. The van der Waals surface area contributed by atoms with E-state index in [2.05, 4.69) is 20.3 Å². The Balaban J connectivity index is 0.00000392. The minimum Gasteiger partial charge on any atom is -0.357 e. The quantitative estimate of drug-likeness (QED) is 0.295. The van der Waals surface area contributed by atoms with Gasteiger partial charge in [0.25, 0.3) is 0 Å². The molecule has 2 aromatic carbocycles. The van der Waals surface area contributed by atoms with Crippen LogP contribution >= 0.6 is 24.0 Å². The fourth-order valence-corrected chi connectivity index (χ4v) is 2.92. The number of halogens is 3. The number of sulfonamides is 1. The van der Waals surface area contributed by atoms with Crippen LogP contribution in [0.25, 0.3) is 0 Å². The third-order valence-electron chi connectivity index (χ3n) is 3.52. The first-order chi connectivity index (χ1) is 12.8.